The third kappa shape index (κ3) is 5.71. The van der Waals surface area contributed by atoms with E-state index in [9.17, 15) is 9.90 Å². The minimum Gasteiger partial charge on any atom is -0.393 e. The smallest absolute Gasteiger partial charge is 0.240 e. The standard InChI is InChI=1S/C14H25N3O3/c1-10(18)6-7-17(5)9-12(19)15-13-8-11(16-20-13)14(2,3)4/h8,10,18H,6-7,9H2,1-5H3,(H,15,19). The summed E-state index contributed by atoms with van der Waals surface area (Å²) in [6.07, 6.45) is 0.282. The van der Waals surface area contributed by atoms with E-state index in [1.807, 2.05) is 32.7 Å². The molecule has 0 aliphatic heterocycles. The van der Waals surface area contributed by atoms with E-state index in [0.717, 1.165) is 5.69 Å². The second kappa shape index (κ2) is 6.85. The summed E-state index contributed by atoms with van der Waals surface area (Å²) in [5.74, 6) is 0.207. The maximum Gasteiger partial charge on any atom is 0.240 e. The molecule has 0 spiro atoms. The SMILES string of the molecule is CC(O)CCN(C)CC(=O)Nc1cc(C(C)(C)C)no1. The molecule has 114 valence electrons. The predicted molar refractivity (Wildman–Crippen MR) is 77.6 cm³/mol. The third-order valence-corrected chi connectivity index (χ3v) is 2.88. The highest BCUT2D eigenvalue weighted by Crippen LogP contribution is 2.23. The Balaban J connectivity index is 2.44. The fourth-order valence-corrected chi connectivity index (χ4v) is 1.60. The van der Waals surface area contributed by atoms with Crippen LogP contribution in [0.1, 0.15) is 39.8 Å². The number of carbonyl (C=O) groups excluding carboxylic acids is 1. The summed E-state index contributed by atoms with van der Waals surface area (Å²) in [5, 5.41) is 15.8. The first-order chi connectivity index (χ1) is 9.18. The molecule has 1 aromatic rings. The highest BCUT2D eigenvalue weighted by atomic mass is 16.5. The maximum atomic E-state index is 11.8. The number of anilines is 1. The number of aromatic nitrogens is 1. The quantitative estimate of drug-likeness (QED) is 0.829. The number of aliphatic hydroxyl groups is 1. The molecule has 6 heteroatoms. The maximum absolute atomic E-state index is 11.8. The Morgan fingerprint density at radius 2 is 2.20 bits per heavy atom. The minimum absolute atomic E-state index is 0.111. The van der Waals surface area contributed by atoms with Gasteiger partial charge in [0.2, 0.25) is 11.8 Å². The number of hydrogen-bond donors (Lipinski definition) is 2. The number of nitrogens with zero attached hydrogens (tertiary/aromatic N) is 2. The zero-order valence-electron chi connectivity index (χ0n) is 12.9. The first-order valence-corrected chi connectivity index (χ1v) is 6.82. The van der Waals surface area contributed by atoms with Gasteiger partial charge in [-0.3, -0.25) is 15.0 Å². The highest BCUT2D eigenvalue weighted by Gasteiger charge is 2.19. The van der Waals surface area contributed by atoms with Crippen LogP contribution in [0.5, 0.6) is 0 Å². The van der Waals surface area contributed by atoms with E-state index in [1.54, 1.807) is 13.0 Å². The van der Waals surface area contributed by atoms with Crippen LogP contribution in [0.2, 0.25) is 0 Å². The topological polar surface area (TPSA) is 78.6 Å². The Kier molecular flexibility index (Phi) is 5.71. The van der Waals surface area contributed by atoms with Gasteiger partial charge in [-0.25, -0.2) is 0 Å². The molecule has 0 saturated heterocycles. The van der Waals surface area contributed by atoms with Gasteiger partial charge in [-0.2, -0.15) is 0 Å². The molecule has 0 radical (unpaired) electrons. The van der Waals surface area contributed by atoms with Crippen LogP contribution in [0.4, 0.5) is 5.88 Å². The van der Waals surface area contributed by atoms with Crippen LogP contribution < -0.4 is 5.32 Å². The monoisotopic (exact) mass is 283 g/mol. The summed E-state index contributed by atoms with van der Waals surface area (Å²) >= 11 is 0. The Hall–Kier alpha value is -1.40. The molecule has 0 aliphatic rings. The number of nitrogens with one attached hydrogen (secondary N) is 1. The van der Waals surface area contributed by atoms with Gasteiger partial charge in [-0.1, -0.05) is 25.9 Å². The summed E-state index contributed by atoms with van der Waals surface area (Å²) in [6.45, 7) is 8.73. The Labute approximate surface area is 120 Å². The van der Waals surface area contributed by atoms with Gasteiger partial charge in [0.05, 0.1) is 18.3 Å². The third-order valence-electron chi connectivity index (χ3n) is 2.88. The molecule has 1 heterocycles. The number of hydrogen-bond acceptors (Lipinski definition) is 5. The number of carbonyl (C=O) groups is 1. The molecule has 2 N–H and O–H groups in total. The summed E-state index contributed by atoms with van der Waals surface area (Å²) in [7, 11) is 1.84. The average molecular weight is 283 g/mol. The second-order valence-corrected chi connectivity index (χ2v) is 6.25. The molecule has 20 heavy (non-hydrogen) atoms. The zero-order valence-corrected chi connectivity index (χ0v) is 12.9. The highest BCUT2D eigenvalue weighted by molar-refractivity contribution is 5.90. The Morgan fingerprint density at radius 3 is 2.70 bits per heavy atom. The first-order valence-electron chi connectivity index (χ1n) is 6.82. The van der Waals surface area contributed by atoms with Gasteiger partial charge in [0.25, 0.3) is 0 Å². The van der Waals surface area contributed by atoms with Crippen LogP contribution >= 0.6 is 0 Å². The molecule has 1 aromatic heterocycles. The van der Waals surface area contributed by atoms with Crippen LogP contribution in [0.3, 0.4) is 0 Å². The van der Waals surface area contributed by atoms with E-state index in [0.29, 0.717) is 18.8 Å². The van der Waals surface area contributed by atoms with E-state index in [-0.39, 0.29) is 24.0 Å². The van der Waals surface area contributed by atoms with E-state index in [2.05, 4.69) is 10.5 Å². The molecule has 1 amide bonds. The number of amides is 1. The number of aliphatic hydroxyl groups excluding tert-OH is 1. The van der Waals surface area contributed by atoms with Gasteiger partial charge in [-0.15, -0.1) is 0 Å². The van der Waals surface area contributed by atoms with Crippen molar-refractivity contribution in [3.8, 4) is 0 Å². The van der Waals surface area contributed by atoms with Crippen LogP contribution in [-0.4, -0.2) is 47.3 Å². The van der Waals surface area contributed by atoms with Crippen molar-refractivity contribution in [1.29, 1.82) is 0 Å². The van der Waals surface area contributed by atoms with Crippen LogP contribution in [0.25, 0.3) is 0 Å². The van der Waals surface area contributed by atoms with Crippen molar-refractivity contribution in [1.82, 2.24) is 10.1 Å². The molecule has 0 aliphatic carbocycles. The first kappa shape index (κ1) is 16.7. The molecular weight excluding hydrogens is 258 g/mol. The molecule has 0 bridgehead atoms. The van der Waals surface area contributed by atoms with Gasteiger partial charge >= 0.3 is 0 Å². The molecule has 1 unspecified atom stereocenters. The van der Waals surface area contributed by atoms with Gasteiger partial charge in [0.15, 0.2) is 0 Å². The van der Waals surface area contributed by atoms with E-state index in [4.69, 9.17) is 4.52 Å². The fraction of sp³-hybridized carbons (Fsp3) is 0.714. The molecule has 0 fully saturated rings. The number of rotatable bonds is 6. The lowest BCUT2D eigenvalue weighted by Gasteiger charge is -2.16. The largest absolute Gasteiger partial charge is 0.393 e. The van der Waals surface area contributed by atoms with Crippen molar-refractivity contribution in [2.45, 2.75) is 45.6 Å². The van der Waals surface area contributed by atoms with E-state index in [1.165, 1.54) is 0 Å². The Morgan fingerprint density at radius 1 is 1.55 bits per heavy atom. The molecule has 1 rings (SSSR count). The van der Waals surface area contributed by atoms with Gasteiger partial charge in [-0.05, 0) is 20.4 Å². The van der Waals surface area contributed by atoms with Crippen molar-refractivity contribution < 1.29 is 14.4 Å². The van der Waals surface area contributed by atoms with Gasteiger partial charge in [0.1, 0.15) is 0 Å². The summed E-state index contributed by atoms with van der Waals surface area (Å²) in [4.78, 5) is 13.7. The van der Waals surface area contributed by atoms with Crippen molar-refractivity contribution in [3.63, 3.8) is 0 Å². The van der Waals surface area contributed by atoms with Gasteiger partial charge < -0.3 is 9.63 Å². The predicted octanol–water partition coefficient (Wildman–Crippen LogP) is 1.61. The molecule has 0 saturated carbocycles. The summed E-state index contributed by atoms with van der Waals surface area (Å²) in [5.41, 5.74) is 0.691. The van der Waals surface area contributed by atoms with E-state index < -0.39 is 0 Å². The van der Waals surface area contributed by atoms with Crippen LogP contribution in [0, 0.1) is 0 Å². The minimum atomic E-state index is -0.357. The lowest BCUT2D eigenvalue weighted by molar-refractivity contribution is -0.117. The molecular formula is C14H25N3O3. The van der Waals surface area contributed by atoms with Crippen LogP contribution in [0.15, 0.2) is 10.6 Å². The summed E-state index contributed by atoms with van der Waals surface area (Å²) < 4.78 is 5.10. The summed E-state index contributed by atoms with van der Waals surface area (Å²) in [6, 6.07) is 1.74. The average Bonchev–Trinajstić information content (AvgIpc) is 2.74. The fourth-order valence-electron chi connectivity index (χ4n) is 1.60. The van der Waals surface area contributed by atoms with Gasteiger partial charge in [0, 0.05) is 18.0 Å². The lowest BCUT2D eigenvalue weighted by Crippen LogP contribution is -2.31. The van der Waals surface area contributed by atoms with E-state index >= 15 is 0 Å². The van der Waals surface area contributed by atoms with Crippen molar-refractivity contribution >= 4 is 11.8 Å². The second-order valence-electron chi connectivity index (χ2n) is 6.25. The normalized spacial score (nSPS) is 13.6. The molecule has 6 nitrogen and oxygen atoms in total. The number of likely N-dealkylation sites (N-methyl/N-ethyl adjacent to an activating group) is 1. The Bertz CT molecular complexity index is 435. The van der Waals surface area contributed by atoms with Crippen molar-refractivity contribution in [2.75, 3.05) is 25.5 Å². The van der Waals surface area contributed by atoms with Crippen molar-refractivity contribution in [2.24, 2.45) is 0 Å². The van der Waals surface area contributed by atoms with Crippen LogP contribution in [-0.2, 0) is 10.2 Å². The molecule has 1 atom stereocenters. The zero-order chi connectivity index (χ0) is 15.3. The van der Waals surface area contributed by atoms with Crippen molar-refractivity contribution in [3.05, 3.63) is 11.8 Å². The lowest BCUT2D eigenvalue weighted by atomic mass is 9.92. The molecule has 0 aromatic carbocycles.